The van der Waals surface area contributed by atoms with Gasteiger partial charge in [0.15, 0.2) is 0 Å². The Labute approximate surface area is 149 Å². The molecule has 3 rings (SSSR count). The van der Waals surface area contributed by atoms with Gasteiger partial charge in [0, 0.05) is 50.7 Å². The van der Waals surface area contributed by atoms with Crippen LogP contribution in [-0.2, 0) is 4.74 Å². The molecule has 1 amide bonds. The zero-order valence-electron chi connectivity index (χ0n) is 15.5. The number of hydrogen-bond acceptors (Lipinski definition) is 3. The molecule has 2 heterocycles. The number of aromatic nitrogens is 1. The molecule has 5 heteroatoms. The number of ether oxygens (including phenoxy) is 1. The van der Waals surface area contributed by atoms with Crippen LogP contribution in [0.15, 0.2) is 30.3 Å². The molecule has 2 aromatic rings. The monoisotopic (exact) mass is 343 g/mol. The second kappa shape index (κ2) is 8.02. The van der Waals surface area contributed by atoms with Crippen molar-refractivity contribution in [3.63, 3.8) is 0 Å². The summed E-state index contributed by atoms with van der Waals surface area (Å²) in [4.78, 5) is 20.4. The van der Waals surface area contributed by atoms with Crippen LogP contribution in [-0.4, -0.2) is 66.6 Å². The molecule has 1 saturated heterocycles. The number of amides is 1. The van der Waals surface area contributed by atoms with Crippen LogP contribution in [0.25, 0.3) is 10.9 Å². The predicted molar refractivity (Wildman–Crippen MR) is 101 cm³/mol. The topological polar surface area (TPSA) is 48.6 Å². The van der Waals surface area contributed by atoms with Gasteiger partial charge in [0.1, 0.15) is 5.69 Å². The summed E-state index contributed by atoms with van der Waals surface area (Å²) in [6, 6.07) is 9.96. The number of hydrogen-bond donors (Lipinski definition) is 1. The summed E-state index contributed by atoms with van der Waals surface area (Å²) in [5.41, 5.74) is 1.70. The van der Waals surface area contributed by atoms with Crippen molar-refractivity contribution in [3.8, 4) is 0 Å². The molecule has 1 aliphatic heterocycles. The molecule has 1 fully saturated rings. The van der Waals surface area contributed by atoms with Crippen molar-refractivity contribution in [1.29, 1.82) is 0 Å². The van der Waals surface area contributed by atoms with Crippen molar-refractivity contribution in [2.45, 2.75) is 26.4 Å². The van der Waals surface area contributed by atoms with E-state index in [9.17, 15) is 4.79 Å². The molecule has 1 aliphatic rings. The van der Waals surface area contributed by atoms with Crippen LogP contribution in [0, 0.1) is 5.92 Å². The lowest BCUT2D eigenvalue weighted by Crippen LogP contribution is -2.50. The molecule has 0 spiro atoms. The molecule has 136 valence electrons. The second-order valence-corrected chi connectivity index (χ2v) is 7.35. The van der Waals surface area contributed by atoms with Crippen molar-refractivity contribution in [1.82, 2.24) is 14.8 Å². The molecular formula is C20H29N3O2. The van der Waals surface area contributed by atoms with Gasteiger partial charge in [0.2, 0.25) is 0 Å². The zero-order valence-corrected chi connectivity index (χ0v) is 15.5. The van der Waals surface area contributed by atoms with Gasteiger partial charge in [-0.05, 0) is 24.5 Å². The first kappa shape index (κ1) is 18.0. The summed E-state index contributed by atoms with van der Waals surface area (Å²) >= 11 is 0. The Morgan fingerprint density at radius 2 is 1.92 bits per heavy atom. The Hall–Kier alpha value is -1.85. The lowest BCUT2D eigenvalue weighted by atomic mass is 10.1. The van der Waals surface area contributed by atoms with E-state index in [-0.39, 0.29) is 12.0 Å². The van der Waals surface area contributed by atoms with Crippen molar-refractivity contribution in [2.24, 2.45) is 5.92 Å². The number of para-hydroxylation sites is 1. The highest BCUT2D eigenvalue weighted by molar-refractivity contribution is 5.98. The molecule has 0 saturated carbocycles. The SMILES string of the molecule is COC(CC(C)C)CN1CCN(C(=O)c2cc3ccccc3[nH]2)CC1. The fraction of sp³-hybridized carbons (Fsp3) is 0.550. The third-order valence-corrected chi connectivity index (χ3v) is 4.95. The number of aromatic amines is 1. The van der Waals surface area contributed by atoms with E-state index in [4.69, 9.17) is 4.74 Å². The van der Waals surface area contributed by atoms with E-state index in [1.165, 1.54) is 0 Å². The van der Waals surface area contributed by atoms with Crippen LogP contribution in [0.1, 0.15) is 30.8 Å². The average molecular weight is 343 g/mol. The minimum atomic E-state index is 0.0984. The van der Waals surface area contributed by atoms with Crippen LogP contribution in [0.5, 0.6) is 0 Å². The lowest BCUT2D eigenvalue weighted by Gasteiger charge is -2.36. The first-order chi connectivity index (χ1) is 12.1. The van der Waals surface area contributed by atoms with Crippen LogP contribution >= 0.6 is 0 Å². The number of methoxy groups -OCH3 is 1. The Morgan fingerprint density at radius 1 is 1.20 bits per heavy atom. The summed E-state index contributed by atoms with van der Waals surface area (Å²) in [6.45, 7) is 8.75. The Kier molecular flexibility index (Phi) is 5.76. The quantitative estimate of drug-likeness (QED) is 0.877. The summed E-state index contributed by atoms with van der Waals surface area (Å²) in [6.07, 6.45) is 1.35. The van der Waals surface area contributed by atoms with E-state index in [1.54, 1.807) is 7.11 Å². The van der Waals surface area contributed by atoms with Crippen molar-refractivity contribution >= 4 is 16.8 Å². The first-order valence-electron chi connectivity index (χ1n) is 9.19. The summed E-state index contributed by atoms with van der Waals surface area (Å²) in [5, 5.41) is 1.08. The van der Waals surface area contributed by atoms with Crippen LogP contribution in [0.2, 0.25) is 0 Å². The highest BCUT2D eigenvalue weighted by Crippen LogP contribution is 2.17. The number of carbonyl (C=O) groups is 1. The third-order valence-electron chi connectivity index (χ3n) is 4.95. The molecule has 0 radical (unpaired) electrons. The number of benzene rings is 1. The van der Waals surface area contributed by atoms with Crippen molar-refractivity contribution in [2.75, 3.05) is 39.8 Å². The first-order valence-corrected chi connectivity index (χ1v) is 9.19. The molecule has 0 bridgehead atoms. The molecule has 1 aromatic heterocycles. The number of H-pyrrole nitrogens is 1. The third kappa shape index (κ3) is 4.41. The van der Waals surface area contributed by atoms with Gasteiger partial charge < -0.3 is 14.6 Å². The molecule has 5 nitrogen and oxygen atoms in total. The van der Waals surface area contributed by atoms with Crippen LogP contribution < -0.4 is 0 Å². The number of fused-ring (bicyclic) bond motifs is 1. The number of nitrogens with one attached hydrogen (secondary N) is 1. The number of carbonyl (C=O) groups excluding carboxylic acids is 1. The maximum absolute atomic E-state index is 12.8. The van der Waals surface area contributed by atoms with Gasteiger partial charge in [-0.3, -0.25) is 9.69 Å². The second-order valence-electron chi connectivity index (χ2n) is 7.35. The molecule has 1 atom stereocenters. The van der Waals surface area contributed by atoms with Crippen LogP contribution in [0.3, 0.4) is 0 Å². The van der Waals surface area contributed by atoms with Gasteiger partial charge in [0.05, 0.1) is 6.10 Å². The van der Waals surface area contributed by atoms with Gasteiger partial charge >= 0.3 is 0 Å². The molecule has 1 aromatic carbocycles. The summed E-state index contributed by atoms with van der Waals surface area (Å²) in [5.74, 6) is 0.733. The highest BCUT2D eigenvalue weighted by atomic mass is 16.5. The summed E-state index contributed by atoms with van der Waals surface area (Å²) < 4.78 is 5.61. The Balaban J connectivity index is 1.55. The summed E-state index contributed by atoms with van der Waals surface area (Å²) in [7, 11) is 1.79. The zero-order chi connectivity index (χ0) is 17.8. The van der Waals surface area contributed by atoms with Gasteiger partial charge in [-0.15, -0.1) is 0 Å². The standard InChI is InChI=1S/C20H29N3O2/c1-15(2)12-17(25-3)14-22-8-10-23(11-9-22)20(24)19-13-16-6-4-5-7-18(16)21-19/h4-7,13,15,17,21H,8-12,14H2,1-3H3. The largest absolute Gasteiger partial charge is 0.380 e. The van der Waals surface area contributed by atoms with Crippen molar-refractivity contribution in [3.05, 3.63) is 36.0 Å². The Bertz CT molecular complexity index is 669. The van der Waals surface area contributed by atoms with Crippen molar-refractivity contribution < 1.29 is 9.53 Å². The van der Waals surface area contributed by atoms with E-state index in [1.807, 2.05) is 35.2 Å². The van der Waals surface area contributed by atoms with E-state index in [0.717, 1.165) is 50.0 Å². The van der Waals surface area contributed by atoms with E-state index in [0.29, 0.717) is 11.6 Å². The molecule has 25 heavy (non-hydrogen) atoms. The predicted octanol–water partition coefficient (Wildman–Crippen LogP) is 2.99. The smallest absolute Gasteiger partial charge is 0.270 e. The minimum absolute atomic E-state index is 0.0984. The van der Waals surface area contributed by atoms with E-state index < -0.39 is 0 Å². The maximum Gasteiger partial charge on any atom is 0.270 e. The van der Waals surface area contributed by atoms with Gasteiger partial charge in [-0.25, -0.2) is 0 Å². The fourth-order valence-electron chi connectivity index (χ4n) is 3.55. The average Bonchev–Trinajstić information content (AvgIpc) is 3.05. The maximum atomic E-state index is 12.8. The molecule has 1 N–H and O–H groups in total. The lowest BCUT2D eigenvalue weighted by molar-refractivity contribution is 0.0295. The van der Waals surface area contributed by atoms with E-state index >= 15 is 0 Å². The van der Waals surface area contributed by atoms with Gasteiger partial charge in [-0.2, -0.15) is 0 Å². The molecule has 1 unspecified atom stereocenters. The number of piperazine rings is 1. The number of nitrogens with zero attached hydrogens (tertiary/aromatic N) is 2. The molecular weight excluding hydrogens is 314 g/mol. The number of rotatable bonds is 6. The highest BCUT2D eigenvalue weighted by Gasteiger charge is 2.25. The Morgan fingerprint density at radius 3 is 2.56 bits per heavy atom. The minimum Gasteiger partial charge on any atom is -0.380 e. The van der Waals surface area contributed by atoms with Gasteiger partial charge in [-0.1, -0.05) is 32.0 Å². The van der Waals surface area contributed by atoms with E-state index in [2.05, 4.69) is 23.7 Å². The normalized spacial score (nSPS) is 17.4. The fourth-order valence-corrected chi connectivity index (χ4v) is 3.55. The van der Waals surface area contributed by atoms with Gasteiger partial charge in [0.25, 0.3) is 5.91 Å². The van der Waals surface area contributed by atoms with Crippen LogP contribution in [0.4, 0.5) is 0 Å². The molecule has 0 aliphatic carbocycles.